The number of hydrogen-bond acceptors (Lipinski definition) is 5. The zero-order valence-corrected chi connectivity index (χ0v) is 11.7. The summed E-state index contributed by atoms with van der Waals surface area (Å²) in [6.07, 6.45) is 2.00. The van der Waals surface area contributed by atoms with Gasteiger partial charge in [-0.2, -0.15) is 0 Å². The molecule has 0 aliphatic carbocycles. The summed E-state index contributed by atoms with van der Waals surface area (Å²) in [5, 5.41) is 2.64. The van der Waals surface area contributed by atoms with Crippen molar-refractivity contribution in [1.29, 1.82) is 0 Å². The van der Waals surface area contributed by atoms with Gasteiger partial charge in [0.1, 0.15) is 4.32 Å². The van der Waals surface area contributed by atoms with E-state index in [0.717, 1.165) is 6.54 Å². The van der Waals surface area contributed by atoms with Gasteiger partial charge in [0.05, 0.1) is 10.9 Å². The van der Waals surface area contributed by atoms with E-state index < -0.39 is 0 Å². The van der Waals surface area contributed by atoms with Crippen molar-refractivity contribution in [2.45, 2.75) is 6.04 Å². The van der Waals surface area contributed by atoms with E-state index in [0.29, 0.717) is 9.23 Å². The van der Waals surface area contributed by atoms with Gasteiger partial charge in [-0.15, -0.1) is 0 Å². The first-order valence-corrected chi connectivity index (χ1v) is 7.25. The molecule has 98 valence electrons. The summed E-state index contributed by atoms with van der Waals surface area (Å²) in [4.78, 5) is 12.4. The Hall–Kier alpha value is -1.21. The molecule has 0 radical (unpaired) electrons. The molecular weight excluding hydrogens is 278 g/mol. The second kappa shape index (κ2) is 5.42. The van der Waals surface area contributed by atoms with E-state index in [1.807, 2.05) is 24.3 Å². The molecule has 1 amide bonds. The number of carbonyl (C=O) groups excluding carboxylic acids is 1. The lowest BCUT2D eigenvalue weighted by Crippen LogP contribution is -2.24. The minimum Gasteiger partial charge on any atom is -0.307 e. The van der Waals surface area contributed by atoms with Crippen molar-refractivity contribution in [1.82, 2.24) is 16.2 Å². The van der Waals surface area contributed by atoms with Crippen LogP contribution in [0.15, 0.2) is 41.3 Å². The second-order valence-electron chi connectivity index (χ2n) is 4.45. The molecule has 19 heavy (non-hydrogen) atoms. The van der Waals surface area contributed by atoms with E-state index in [4.69, 9.17) is 12.2 Å². The number of carbonyl (C=O) groups is 1. The van der Waals surface area contributed by atoms with Gasteiger partial charge < -0.3 is 5.32 Å². The molecule has 2 atom stereocenters. The molecule has 2 aliphatic rings. The van der Waals surface area contributed by atoms with Crippen molar-refractivity contribution in [3.05, 3.63) is 46.9 Å². The van der Waals surface area contributed by atoms with Gasteiger partial charge in [-0.3, -0.25) is 10.2 Å². The Morgan fingerprint density at radius 1 is 1.32 bits per heavy atom. The Morgan fingerprint density at radius 3 is 2.79 bits per heavy atom. The van der Waals surface area contributed by atoms with Crippen molar-refractivity contribution in [2.24, 2.45) is 5.92 Å². The van der Waals surface area contributed by atoms with E-state index in [2.05, 4.69) is 28.3 Å². The highest BCUT2D eigenvalue weighted by molar-refractivity contribution is 8.26. The zero-order valence-electron chi connectivity index (χ0n) is 10.1. The van der Waals surface area contributed by atoms with Crippen LogP contribution in [0.2, 0.25) is 0 Å². The van der Waals surface area contributed by atoms with Gasteiger partial charge in [-0.1, -0.05) is 60.4 Å². The molecule has 0 spiro atoms. The number of thiocarbonyl (C=S) groups is 1. The first-order valence-electron chi connectivity index (χ1n) is 6.02. The fraction of sp³-hybridized carbons (Fsp3) is 0.231. The van der Waals surface area contributed by atoms with Crippen LogP contribution in [0.3, 0.4) is 0 Å². The molecule has 0 aromatic heterocycles. The van der Waals surface area contributed by atoms with Crippen molar-refractivity contribution in [2.75, 3.05) is 6.54 Å². The lowest BCUT2D eigenvalue weighted by atomic mass is 9.94. The van der Waals surface area contributed by atoms with Gasteiger partial charge in [0, 0.05) is 12.5 Å². The Morgan fingerprint density at radius 2 is 2.11 bits per heavy atom. The number of hydrazine groups is 1. The number of nitrogens with one attached hydrogen (secondary N) is 3. The van der Waals surface area contributed by atoms with Gasteiger partial charge in [0.15, 0.2) is 0 Å². The van der Waals surface area contributed by atoms with Gasteiger partial charge in [0.2, 0.25) is 0 Å². The predicted octanol–water partition coefficient (Wildman–Crippen LogP) is 1.48. The number of thioether (sulfide) groups is 1. The van der Waals surface area contributed by atoms with E-state index in [1.54, 1.807) is 0 Å². The summed E-state index contributed by atoms with van der Waals surface area (Å²) in [6.45, 7) is 0.795. The Bertz CT molecular complexity index is 544. The SMILES string of the molecule is O=C1NC(=S)S/C1=C/C1CNNC1c1ccccc1. The zero-order chi connectivity index (χ0) is 13.2. The van der Waals surface area contributed by atoms with Crippen molar-refractivity contribution >= 4 is 34.2 Å². The third-order valence-corrected chi connectivity index (χ3v) is 4.37. The molecule has 1 aromatic carbocycles. The lowest BCUT2D eigenvalue weighted by Gasteiger charge is -2.15. The highest BCUT2D eigenvalue weighted by Crippen LogP contribution is 2.31. The first kappa shape index (κ1) is 12.8. The number of amides is 1. The van der Waals surface area contributed by atoms with Crippen LogP contribution in [-0.2, 0) is 4.79 Å². The van der Waals surface area contributed by atoms with Gasteiger partial charge in [0.25, 0.3) is 5.91 Å². The molecule has 4 nitrogen and oxygen atoms in total. The highest BCUT2D eigenvalue weighted by Gasteiger charge is 2.30. The highest BCUT2D eigenvalue weighted by atomic mass is 32.2. The third-order valence-electron chi connectivity index (χ3n) is 3.19. The molecule has 1 aromatic rings. The average molecular weight is 291 g/mol. The van der Waals surface area contributed by atoms with Crippen LogP contribution in [0.4, 0.5) is 0 Å². The normalized spacial score (nSPS) is 28.9. The molecule has 3 rings (SSSR count). The Labute approximate surface area is 121 Å². The fourth-order valence-electron chi connectivity index (χ4n) is 2.29. The maximum atomic E-state index is 11.7. The van der Waals surface area contributed by atoms with E-state index in [1.165, 1.54) is 17.3 Å². The second-order valence-corrected chi connectivity index (χ2v) is 6.17. The lowest BCUT2D eigenvalue weighted by molar-refractivity contribution is -0.115. The summed E-state index contributed by atoms with van der Waals surface area (Å²) in [7, 11) is 0. The van der Waals surface area contributed by atoms with Crippen LogP contribution in [0.1, 0.15) is 11.6 Å². The topological polar surface area (TPSA) is 53.2 Å². The minimum atomic E-state index is -0.0892. The van der Waals surface area contributed by atoms with E-state index in [-0.39, 0.29) is 17.9 Å². The average Bonchev–Trinajstić information content (AvgIpc) is 2.98. The van der Waals surface area contributed by atoms with Crippen LogP contribution in [0.5, 0.6) is 0 Å². The molecule has 0 saturated carbocycles. The Balaban J connectivity index is 1.83. The summed E-state index contributed by atoms with van der Waals surface area (Å²) in [5.41, 5.74) is 7.62. The molecule has 2 aliphatic heterocycles. The van der Waals surface area contributed by atoms with Crippen LogP contribution in [0.25, 0.3) is 0 Å². The van der Waals surface area contributed by atoms with Crippen molar-refractivity contribution in [3.63, 3.8) is 0 Å². The molecular formula is C13H13N3OS2. The van der Waals surface area contributed by atoms with Gasteiger partial charge in [-0.25, -0.2) is 5.43 Å². The van der Waals surface area contributed by atoms with Crippen molar-refractivity contribution < 1.29 is 4.79 Å². The maximum Gasteiger partial charge on any atom is 0.263 e. The molecule has 6 heteroatoms. The summed E-state index contributed by atoms with van der Waals surface area (Å²) in [5.74, 6) is 0.144. The van der Waals surface area contributed by atoms with Crippen molar-refractivity contribution in [3.8, 4) is 0 Å². The van der Waals surface area contributed by atoms with Gasteiger partial charge in [-0.05, 0) is 5.56 Å². The third kappa shape index (κ3) is 2.71. The number of rotatable bonds is 2. The van der Waals surface area contributed by atoms with Gasteiger partial charge >= 0.3 is 0 Å². The summed E-state index contributed by atoms with van der Waals surface area (Å²) >= 11 is 6.33. The fourth-order valence-corrected chi connectivity index (χ4v) is 3.38. The smallest absolute Gasteiger partial charge is 0.263 e. The molecule has 2 unspecified atom stereocenters. The Kier molecular flexibility index (Phi) is 3.65. The monoisotopic (exact) mass is 291 g/mol. The van der Waals surface area contributed by atoms with E-state index in [9.17, 15) is 4.79 Å². The summed E-state index contributed by atoms with van der Waals surface area (Å²) < 4.78 is 0.534. The maximum absolute atomic E-state index is 11.7. The summed E-state index contributed by atoms with van der Waals surface area (Å²) in [6, 6.07) is 10.4. The molecule has 3 N–H and O–H groups in total. The molecule has 2 saturated heterocycles. The minimum absolute atomic E-state index is 0.0892. The number of hydrogen-bond donors (Lipinski definition) is 3. The van der Waals surface area contributed by atoms with Crippen LogP contribution in [0, 0.1) is 5.92 Å². The quantitative estimate of drug-likeness (QED) is 0.569. The first-order chi connectivity index (χ1) is 9.24. The largest absolute Gasteiger partial charge is 0.307 e. The van der Waals surface area contributed by atoms with Crippen LogP contribution < -0.4 is 16.2 Å². The predicted molar refractivity (Wildman–Crippen MR) is 80.2 cm³/mol. The van der Waals surface area contributed by atoms with E-state index >= 15 is 0 Å². The molecule has 2 fully saturated rings. The number of benzene rings is 1. The van der Waals surface area contributed by atoms with Crippen LogP contribution in [-0.4, -0.2) is 16.8 Å². The van der Waals surface area contributed by atoms with Crippen LogP contribution >= 0.6 is 24.0 Å². The standard InChI is InChI=1S/C13H13N3OS2/c17-12-10(19-13(18)15-12)6-9-7-14-16-11(9)8-4-2-1-3-5-8/h1-6,9,11,14,16H,7H2,(H,15,17,18)/b10-6+. The molecule has 2 heterocycles. The molecule has 0 bridgehead atoms.